The Labute approximate surface area is 125 Å². The van der Waals surface area contributed by atoms with Crippen molar-refractivity contribution < 1.29 is 4.79 Å². The lowest BCUT2D eigenvalue weighted by Gasteiger charge is -2.36. The lowest BCUT2D eigenvalue weighted by molar-refractivity contribution is 0.0741. The number of carbonyl (C=O) groups is 1. The lowest BCUT2D eigenvalue weighted by Crippen LogP contribution is -2.49. The van der Waals surface area contributed by atoms with E-state index in [1.165, 1.54) is 11.3 Å². The van der Waals surface area contributed by atoms with Crippen molar-refractivity contribution in [1.82, 2.24) is 9.88 Å². The Hall–Kier alpha value is -2.36. The predicted octanol–water partition coefficient (Wildman–Crippen LogP) is 2.35. The molecule has 108 valence electrons. The summed E-state index contributed by atoms with van der Waals surface area (Å²) in [5.41, 5.74) is 3.03. The average Bonchev–Trinajstić information content (AvgIpc) is 2.55. The number of hydrogen-bond donors (Lipinski definition) is 0. The maximum Gasteiger partial charge on any atom is 0.272 e. The summed E-state index contributed by atoms with van der Waals surface area (Å²) in [4.78, 5) is 20.7. The summed E-state index contributed by atoms with van der Waals surface area (Å²) >= 11 is 0. The molecule has 0 N–H and O–H groups in total. The zero-order chi connectivity index (χ0) is 14.7. The van der Waals surface area contributed by atoms with Gasteiger partial charge in [-0.1, -0.05) is 18.2 Å². The lowest BCUT2D eigenvalue weighted by atomic mass is 10.2. The van der Waals surface area contributed by atoms with Crippen LogP contribution in [0.5, 0.6) is 0 Å². The third-order valence-electron chi connectivity index (χ3n) is 3.82. The van der Waals surface area contributed by atoms with E-state index in [0.29, 0.717) is 5.69 Å². The minimum Gasteiger partial charge on any atom is -0.368 e. The topological polar surface area (TPSA) is 36.4 Å². The minimum absolute atomic E-state index is 0.0273. The fourth-order valence-corrected chi connectivity index (χ4v) is 2.64. The van der Waals surface area contributed by atoms with Crippen LogP contribution in [0.4, 0.5) is 5.69 Å². The number of aryl methyl sites for hydroxylation is 1. The predicted molar refractivity (Wildman–Crippen MR) is 83.5 cm³/mol. The second kappa shape index (κ2) is 5.95. The maximum atomic E-state index is 12.3. The van der Waals surface area contributed by atoms with Crippen molar-refractivity contribution in [3.8, 4) is 0 Å². The molecule has 2 aromatic rings. The third kappa shape index (κ3) is 3.05. The van der Waals surface area contributed by atoms with E-state index in [0.717, 1.165) is 26.2 Å². The van der Waals surface area contributed by atoms with Crippen LogP contribution in [-0.2, 0) is 0 Å². The molecule has 2 heterocycles. The number of anilines is 1. The van der Waals surface area contributed by atoms with Gasteiger partial charge in [0.05, 0.1) is 0 Å². The van der Waals surface area contributed by atoms with Crippen molar-refractivity contribution in [2.24, 2.45) is 0 Å². The summed E-state index contributed by atoms with van der Waals surface area (Å²) in [6.45, 7) is 5.31. The van der Waals surface area contributed by atoms with Crippen LogP contribution in [0.15, 0.2) is 48.7 Å². The third-order valence-corrected chi connectivity index (χ3v) is 3.82. The van der Waals surface area contributed by atoms with Crippen LogP contribution < -0.4 is 4.90 Å². The number of benzene rings is 1. The van der Waals surface area contributed by atoms with Gasteiger partial charge in [-0.25, -0.2) is 0 Å². The van der Waals surface area contributed by atoms with Gasteiger partial charge in [-0.15, -0.1) is 0 Å². The minimum atomic E-state index is 0.0273. The fourth-order valence-electron chi connectivity index (χ4n) is 2.64. The zero-order valence-corrected chi connectivity index (χ0v) is 12.2. The number of piperazine rings is 1. The van der Waals surface area contributed by atoms with Gasteiger partial charge in [0.2, 0.25) is 0 Å². The van der Waals surface area contributed by atoms with Crippen molar-refractivity contribution in [1.29, 1.82) is 0 Å². The summed E-state index contributed by atoms with van der Waals surface area (Å²) in [6.07, 6.45) is 1.66. The van der Waals surface area contributed by atoms with Gasteiger partial charge in [0.25, 0.3) is 5.91 Å². The Balaban J connectivity index is 1.64. The van der Waals surface area contributed by atoms with Crippen molar-refractivity contribution >= 4 is 11.6 Å². The first-order valence-electron chi connectivity index (χ1n) is 7.26. The van der Waals surface area contributed by atoms with Crippen molar-refractivity contribution in [3.05, 3.63) is 59.9 Å². The van der Waals surface area contributed by atoms with E-state index in [-0.39, 0.29) is 5.91 Å². The Morgan fingerprint density at radius 2 is 1.86 bits per heavy atom. The molecule has 1 aliphatic heterocycles. The molecule has 21 heavy (non-hydrogen) atoms. The highest BCUT2D eigenvalue weighted by Gasteiger charge is 2.22. The monoisotopic (exact) mass is 281 g/mol. The van der Waals surface area contributed by atoms with Crippen LogP contribution in [0.25, 0.3) is 0 Å². The van der Waals surface area contributed by atoms with E-state index in [4.69, 9.17) is 0 Å². The van der Waals surface area contributed by atoms with E-state index < -0.39 is 0 Å². The highest BCUT2D eigenvalue weighted by molar-refractivity contribution is 5.92. The number of hydrogen-bond acceptors (Lipinski definition) is 3. The van der Waals surface area contributed by atoms with Crippen LogP contribution >= 0.6 is 0 Å². The van der Waals surface area contributed by atoms with Crippen molar-refractivity contribution in [2.75, 3.05) is 31.1 Å². The second-order valence-corrected chi connectivity index (χ2v) is 5.33. The van der Waals surface area contributed by atoms with E-state index in [1.807, 2.05) is 17.0 Å². The van der Waals surface area contributed by atoms with E-state index >= 15 is 0 Å². The summed E-state index contributed by atoms with van der Waals surface area (Å²) in [7, 11) is 0. The quantitative estimate of drug-likeness (QED) is 0.848. The molecule has 1 aromatic heterocycles. The molecule has 0 radical (unpaired) electrons. The van der Waals surface area contributed by atoms with Crippen LogP contribution in [0.1, 0.15) is 16.1 Å². The van der Waals surface area contributed by atoms with Gasteiger partial charge in [0, 0.05) is 38.1 Å². The summed E-state index contributed by atoms with van der Waals surface area (Å²) in [6, 6.07) is 13.9. The molecule has 1 aromatic carbocycles. The number of carbonyl (C=O) groups excluding carboxylic acids is 1. The SMILES string of the molecule is Cc1cccc(N2CCN(C(=O)c3ccccn3)CC2)c1. The molecule has 0 spiro atoms. The normalized spacial score (nSPS) is 15.1. The van der Waals surface area contributed by atoms with Gasteiger partial charge in [-0.3, -0.25) is 9.78 Å². The molecule has 0 saturated carbocycles. The molecule has 1 saturated heterocycles. The van der Waals surface area contributed by atoms with Gasteiger partial charge in [-0.2, -0.15) is 0 Å². The molecule has 4 nitrogen and oxygen atoms in total. The summed E-state index contributed by atoms with van der Waals surface area (Å²) in [5.74, 6) is 0.0273. The molecule has 0 atom stereocenters. The summed E-state index contributed by atoms with van der Waals surface area (Å²) in [5, 5.41) is 0. The molecule has 1 aliphatic rings. The average molecular weight is 281 g/mol. The van der Waals surface area contributed by atoms with Crippen LogP contribution in [0.3, 0.4) is 0 Å². The smallest absolute Gasteiger partial charge is 0.272 e. The Bertz CT molecular complexity index is 619. The molecule has 1 fully saturated rings. The summed E-state index contributed by atoms with van der Waals surface area (Å²) < 4.78 is 0. The molecule has 4 heteroatoms. The second-order valence-electron chi connectivity index (χ2n) is 5.33. The first-order chi connectivity index (χ1) is 10.2. The highest BCUT2D eigenvalue weighted by atomic mass is 16.2. The first-order valence-corrected chi connectivity index (χ1v) is 7.26. The number of rotatable bonds is 2. The van der Waals surface area contributed by atoms with Crippen molar-refractivity contribution in [2.45, 2.75) is 6.92 Å². The molecule has 3 rings (SSSR count). The molecular weight excluding hydrogens is 262 g/mol. The van der Waals surface area contributed by atoms with Gasteiger partial charge in [0.1, 0.15) is 5.69 Å². The van der Waals surface area contributed by atoms with Crippen LogP contribution in [0, 0.1) is 6.92 Å². The fraction of sp³-hybridized carbons (Fsp3) is 0.294. The van der Waals surface area contributed by atoms with Gasteiger partial charge >= 0.3 is 0 Å². The first kappa shape index (κ1) is 13.6. The zero-order valence-electron chi connectivity index (χ0n) is 12.2. The molecule has 0 aliphatic carbocycles. The van der Waals surface area contributed by atoms with Crippen LogP contribution in [-0.4, -0.2) is 42.0 Å². The van der Waals surface area contributed by atoms with Crippen molar-refractivity contribution in [3.63, 3.8) is 0 Å². The van der Waals surface area contributed by atoms with E-state index in [9.17, 15) is 4.79 Å². The Morgan fingerprint density at radius 3 is 2.52 bits per heavy atom. The van der Waals surface area contributed by atoms with Gasteiger partial charge in [-0.05, 0) is 36.8 Å². The van der Waals surface area contributed by atoms with Crippen LogP contribution in [0.2, 0.25) is 0 Å². The Morgan fingerprint density at radius 1 is 1.05 bits per heavy atom. The standard InChI is InChI=1S/C17H19N3O/c1-14-5-4-6-15(13-14)19-9-11-20(12-10-19)17(21)16-7-2-3-8-18-16/h2-8,13H,9-12H2,1H3. The highest BCUT2D eigenvalue weighted by Crippen LogP contribution is 2.18. The maximum absolute atomic E-state index is 12.3. The largest absolute Gasteiger partial charge is 0.368 e. The van der Waals surface area contributed by atoms with E-state index in [1.54, 1.807) is 12.3 Å². The molecular formula is C17H19N3O. The Kier molecular flexibility index (Phi) is 3.86. The number of pyridine rings is 1. The van der Waals surface area contributed by atoms with Gasteiger partial charge in [0.15, 0.2) is 0 Å². The number of aromatic nitrogens is 1. The molecule has 1 amide bonds. The van der Waals surface area contributed by atoms with E-state index in [2.05, 4.69) is 41.1 Å². The molecule has 0 bridgehead atoms. The number of amides is 1. The number of nitrogens with zero attached hydrogens (tertiary/aromatic N) is 3. The van der Waals surface area contributed by atoms with Gasteiger partial charge < -0.3 is 9.80 Å². The molecule has 0 unspecified atom stereocenters.